The molecule has 122 valence electrons. The minimum Gasteiger partial charge on any atom is -0.308 e. The number of nitrogens with one attached hydrogen (secondary N) is 1. The highest BCUT2D eigenvalue weighted by Crippen LogP contribution is 2.35. The molecule has 0 amide bonds. The Kier molecular flexibility index (Phi) is 4.37. The van der Waals surface area contributed by atoms with Crippen LogP contribution in [0.15, 0.2) is 0 Å². The van der Waals surface area contributed by atoms with E-state index in [0.29, 0.717) is 34.9 Å². The van der Waals surface area contributed by atoms with E-state index in [2.05, 4.69) is 24.1 Å². The third kappa shape index (κ3) is 3.45. The van der Waals surface area contributed by atoms with Gasteiger partial charge < -0.3 is 5.32 Å². The first-order valence-corrected chi connectivity index (χ1v) is 10.4. The molecule has 5 heteroatoms. The van der Waals surface area contributed by atoms with Gasteiger partial charge in [0, 0.05) is 31.2 Å². The van der Waals surface area contributed by atoms with Gasteiger partial charge in [-0.15, -0.1) is 0 Å². The first-order chi connectivity index (χ1) is 9.89. The normalized spacial score (nSPS) is 35.8. The Morgan fingerprint density at radius 1 is 1.29 bits per heavy atom. The molecule has 2 atom stereocenters. The zero-order valence-electron chi connectivity index (χ0n) is 13.5. The Morgan fingerprint density at radius 2 is 2.00 bits per heavy atom. The van der Waals surface area contributed by atoms with Crippen molar-refractivity contribution >= 4 is 9.84 Å². The highest BCUT2D eigenvalue weighted by atomic mass is 32.2. The molecule has 1 saturated carbocycles. The summed E-state index contributed by atoms with van der Waals surface area (Å²) in [6, 6.07) is 0.555. The largest absolute Gasteiger partial charge is 0.308 e. The van der Waals surface area contributed by atoms with E-state index in [1.807, 2.05) is 0 Å². The molecule has 0 aromatic heterocycles. The van der Waals surface area contributed by atoms with Gasteiger partial charge in [-0.25, -0.2) is 8.42 Å². The van der Waals surface area contributed by atoms with Crippen LogP contribution in [-0.2, 0) is 9.84 Å². The molecule has 4 nitrogen and oxygen atoms in total. The lowest BCUT2D eigenvalue weighted by Gasteiger charge is -2.48. The molecular formula is C16H30N2O2S. The smallest absolute Gasteiger partial charge is 0.150 e. The predicted molar refractivity (Wildman–Crippen MR) is 86.2 cm³/mol. The summed E-state index contributed by atoms with van der Waals surface area (Å²) in [6.45, 7) is 7.74. The third-order valence-corrected chi connectivity index (χ3v) is 7.65. The Morgan fingerprint density at radius 3 is 2.57 bits per heavy atom. The minimum atomic E-state index is -2.75. The molecule has 0 radical (unpaired) electrons. The van der Waals surface area contributed by atoms with E-state index in [9.17, 15) is 8.42 Å². The van der Waals surface area contributed by atoms with Crippen molar-refractivity contribution in [2.24, 2.45) is 11.8 Å². The highest BCUT2D eigenvalue weighted by molar-refractivity contribution is 7.91. The van der Waals surface area contributed by atoms with Crippen LogP contribution in [0.25, 0.3) is 0 Å². The minimum absolute atomic E-state index is 0.322. The monoisotopic (exact) mass is 314 g/mol. The predicted octanol–water partition coefficient (Wildman–Crippen LogP) is 1.66. The molecular weight excluding hydrogens is 284 g/mol. The van der Waals surface area contributed by atoms with Crippen LogP contribution in [0.4, 0.5) is 0 Å². The van der Waals surface area contributed by atoms with E-state index in [1.54, 1.807) is 0 Å². The molecule has 2 heterocycles. The molecule has 0 aromatic rings. The summed E-state index contributed by atoms with van der Waals surface area (Å²) in [5.74, 6) is 1.79. The van der Waals surface area contributed by atoms with E-state index in [1.165, 1.54) is 25.7 Å². The van der Waals surface area contributed by atoms with Crippen LogP contribution >= 0.6 is 0 Å². The van der Waals surface area contributed by atoms with Crippen LogP contribution in [0.1, 0.15) is 46.0 Å². The second-order valence-electron chi connectivity index (χ2n) is 7.88. The molecule has 2 unspecified atom stereocenters. The topological polar surface area (TPSA) is 49.4 Å². The Hall–Kier alpha value is -0.130. The lowest BCUT2D eigenvalue weighted by Crippen LogP contribution is -2.64. The molecule has 21 heavy (non-hydrogen) atoms. The van der Waals surface area contributed by atoms with Crippen LogP contribution in [0, 0.1) is 11.8 Å². The van der Waals surface area contributed by atoms with Crippen LogP contribution in [-0.4, -0.2) is 56.0 Å². The third-order valence-electron chi connectivity index (χ3n) is 5.81. The second-order valence-corrected chi connectivity index (χ2v) is 10.1. The van der Waals surface area contributed by atoms with E-state index in [-0.39, 0.29) is 0 Å². The number of sulfone groups is 1. The van der Waals surface area contributed by atoms with Gasteiger partial charge in [0.2, 0.25) is 0 Å². The number of nitrogens with zero attached hydrogens (tertiary/aromatic N) is 1. The number of piperazine rings is 1. The molecule has 3 fully saturated rings. The van der Waals surface area contributed by atoms with Crippen molar-refractivity contribution in [2.75, 3.05) is 31.1 Å². The van der Waals surface area contributed by atoms with E-state index >= 15 is 0 Å². The SMILES string of the molecule is CC(C)C1CNC2(CCCC2)CN1CC1CCS(=O)(=O)C1. The molecule has 1 N–H and O–H groups in total. The Balaban J connectivity index is 1.69. The number of hydrogen-bond donors (Lipinski definition) is 1. The summed E-state index contributed by atoms with van der Waals surface area (Å²) >= 11 is 0. The van der Waals surface area contributed by atoms with Gasteiger partial charge in [-0.2, -0.15) is 0 Å². The maximum Gasteiger partial charge on any atom is 0.150 e. The van der Waals surface area contributed by atoms with Crippen molar-refractivity contribution in [1.82, 2.24) is 10.2 Å². The fraction of sp³-hybridized carbons (Fsp3) is 1.00. The maximum atomic E-state index is 11.7. The zero-order chi connectivity index (χ0) is 15.1. The summed E-state index contributed by atoms with van der Waals surface area (Å²) in [4.78, 5) is 2.62. The standard InChI is InChI=1S/C16H30N2O2S/c1-13(2)15-9-17-16(6-3-4-7-16)12-18(15)10-14-5-8-21(19,20)11-14/h13-15,17H,3-12H2,1-2H3. The van der Waals surface area contributed by atoms with Crippen molar-refractivity contribution in [3.8, 4) is 0 Å². The van der Waals surface area contributed by atoms with Gasteiger partial charge in [0.25, 0.3) is 0 Å². The van der Waals surface area contributed by atoms with Gasteiger partial charge in [0.1, 0.15) is 0 Å². The number of rotatable bonds is 3. The summed E-state index contributed by atoms with van der Waals surface area (Å²) in [7, 11) is -2.75. The van der Waals surface area contributed by atoms with E-state index in [0.717, 1.165) is 26.1 Å². The average molecular weight is 314 g/mol. The van der Waals surface area contributed by atoms with Gasteiger partial charge in [-0.1, -0.05) is 26.7 Å². The van der Waals surface area contributed by atoms with Gasteiger partial charge in [-0.05, 0) is 31.1 Å². The lowest BCUT2D eigenvalue weighted by molar-refractivity contribution is 0.0468. The van der Waals surface area contributed by atoms with Gasteiger partial charge in [-0.3, -0.25) is 4.90 Å². The van der Waals surface area contributed by atoms with Crippen LogP contribution < -0.4 is 5.32 Å². The van der Waals surface area contributed by atoms with Crippen LogP contribution in [0.2, 0.25) is 0 Å². The Bertz CT molecular complexity index is 469. The van der Waals surface area contributed by atoms with Crippen molar-refractivity contribution < 1.29 is 8.42 Å². The first kappa shape index (κ1) is 15.8. The Labute approximate surface area is 129 Å². The van der Waals surface area contributed by atoms with Crippen LogP contribution in [0.3, 0.4) is 0 Å². The molecule has 3 rings (SSSR count). The lowest BCUT2D eigenvalue weighted by atomic mass is 9.88. The highest BCUT2D eigenvalue weighted by Gasteiger charge is 2.43. The molecule has 2 aliphatic heterocycles. The van der Waals surface area contributed by atoms with E-state index in [4.69, 9.17) is 0 Å². The van der Waals surface area contributed by atoms with Crippen LogP contribution in [0.5, 0.6) is 0 Å². The molecule has 2 saturated heterocycles. The first-order valence-electron chi connectivity index (χ1n) is 8.59. The molecule has 1 aliphatic carbocycles. The summed E-state index contributed by atoms with van der Waals surface area (Å²) in [5.41, 5.74) is 0.322. The molecule has 0 aromatic carbocycles. The zero-order valence-corrected chi connectivity index (χ0v) is 14.3. The number of hydrogen-bond acceptors (Lipinski definition) is 4. The second kappa shape index (κ2) is 5.82. The quantitative estimate of drug-likeness (QED) is 0.861. The summed E-state index contributed by atoms with van der Waals surface area (Å²) in [6.07, 6.45) is 6.12. The van der Waals surface area contributed by atoms with Crippen molar-refractivity contribution in [3.05, 3.63) is 0 Å². The maximum absolute atomic E-state index is 11.7. The fourth-order valence-electron chi connectivity index (χ4n) is 4.60. The van der Waals surface area contributed by atoms with Crippen molar-refractivity contribution in [3.63, 3.8) is 0 Å². The van der Waals surface area contributed by atoms with Crippen molar-refractivity contribution in [1.29, 1.82) is 0 Å². The summed E-state index contributed by atoms with van der Waals surface area (Å²) < 4.78 is 23.4. The van der Waals surface area contributed by atoms with Crippen molar-refractivity contribution in [2.45, 2.75) is 57.5 Å². The van der Waals surface area contributed by atoms with Gasteiger partial charge in [0.15, 0.2) is 9.84 Å². The molecule has 0 bridgehead atoms. The van der Waals surface area contributed by atoms with E-state index < -0.39 is 9.84 Å². The molecule has 1 spiro atoms. The van der Waals surface area contributed by atoms with Gasteiger partial charge in [0.05, 0.1) is 11.5 Å². The fourth-order valence-corrected chi connectivity index (χ4v) is 6.45. The van der Waals surface area contributed by atoms with Gasteiger partial charge >= 0.3 is 0 Å². The molecule has 3 aliphatic rings. The summed E-state index contributed by atoms with van der Waals surface area (Å²) in [5, 5.41) is 3.84. The average Bonchev–Trinajstić information content (AvgIpc) is 2.96.